The first-order valence-corrected chi connectivity index (χ1v) is 6.76. The normalized spacial score (nSPS) is 11.0. The van der Waals surface area contributed by atoms with E-state index in [0.29, 0.717) is 11.3 Å². The lowest BCUT2D eigenvalue weighted by molar-refractivity contribution is 0.473. The molecule has 0 spiro atoms. The van der Waals surface area contributed by atoms with Gasteiger partial charge in [0.2, 0.25) is 0 Å². The number of phenolic OH excluding ortho intramolecular Hbond substituents is 1. The van der Waals surface area contributed by atoms with Gasteiger partial charge in [-0.3, -0.25) is 5.43 Å². The molecule has 0 saturated heterocycles. The largest absolute Gasteiger partial charge is 0.507 e. The Bertz CT molecular complexity index is 694. The molecule has 7 nitrogen and oxygen atoms in total. The van der Waals surface area contributed by atoms with Crippen LogP contribution in [0.5, 0.6) is 5.75 Å². The Balaban J connectivity index is 2.25. The third-order valence-corrected chi connectivity index (χ3v) is 2.93. The van der Waals surface area contributed by atoms with Gasteiger partial charge >= 0.3 is 0 Å². The summed E-state index contributed by atoms with van der Waals surface area (Å²) in [6, 6.07) is 5.07. The summed E-state index contributed by atoms with van der Waals surface area (Å²) in [6.07, 6.45) is 2.24. The highest BCUT2D eigenvalue weighted by atomic mass is 32.1. The zero-order chi connectivity index (χ0) is 15.4. The molecular weight excluding hydrogens is 288 g/mol. The Labute approximate surface area is 127 Å². The first-order chi connectivity index (χ1) is 10.0. The third kappa shape index (κ3) is 3.54. The Hall–Kier alpha value is -2.48. The van der Waals surface area contributed by atoms with Crippen LogP contribution in [0.1, 0.15) is 23.9 Å². The van der Waals surface area contributed by atoms with Gasteiger partial charge in [-0.05, 0) is 37.7 Å². The van der Waals surface area contributed by atoms with Crippen molar-refractivity contribution >= 4 is 23.5 Å². The first-order valence-electron chi connectivity index (χ1n) is 6.36. The Morgan fingerprint density at radius 3 is 2.86 bits per heavy atom. The van der Waals surface area contributed by atoms with Crippen molar-refractivity contribution in [3.8, 4) is 11.4 Å². The molecule has 1 heterocycles. The van der Waals surface area contributed by atoms with Crippen molar-refractivity contribution in [2.45, 2.75) is 20.3 Å². The fourth-order valence-electron chi connectivity index (χ4n) is 1.78. The zero-order valence-electron chi connectivity index (χ0n) is 11.7. The van der Waals surface area contributed by atoms with E-state index in [1.165, 1.54) is 11.0 Å². The number of aromatic hydroxyl groups is 1. The Kier molecular flexibility index (Phi) is 4.49. The second kappa shape index (κ2) is 6.31. The van der Waals surface area contributed by atoms with Gasteiger partial charge in [-0.1, -0.05) is 6.92 Å². The van der Waals surface area contributed by atoms with Gasteiger partial charge in [-0.15, -0.1) is 0 Å². The molecule has 0 radical (unpaired) electrons. The van der Waals surface area contributed by atoms with Gasteiger partial charge in [0.25, 0.3) is 0 Å². The molecule has 0 amide bonds. The molecule has 4 N–H and O–H groups in total. The van der Waals surface area contributed by atoms with Crippen LogP contribution in [0.15, 0.2) is 23.3 Å². The second-order valence-electron chi connectivity index (χ2n) is 4.35. The van der Waals surface area contributed by atoms with E-state index in [4.69, 9.17) is 5.73 Å². The van der Waals surface area contributed by atoms with Gasteiger partial charge in [0.15, 0.2) is 5.11 Å². The summed E-state index contributed by atoms with van der Waals surface area (Å²) in [5.41, 5.74) is 10.7. The van der Waals surface area contributed by atoms with E-state index in [1.54, 1.807) is 18.2 Å². The number of hydrazone groups is 1. The molecule has 2 rings (SSSR count). The molecule has 21 heavy (non-hydrogen) atoms. The summed E-state index contributed by atoms with van der Waals surface area (Å²) >= 11 is 4.62. The molecule has 0 aliphatic heterocycles. The van der Waals surface area contributed by atoms with Crippen molar-refractivity contribution in [2.75, 3.05) is 0 Å². The molecule has 0 bridgehead atoms. The van der Waals surface area contributed by atoms with Crippen molar-refractivity contribution in [1.29, 1.82) is 0 Å². The Morgan fingerprint density at radius 1 is 1.52 bits per heavy atom. The number of nitrogens with two attached hydrogens (primary N) is 1. The molecule has 0 aliphatic carbocycles. The maximum absolute atomic E-state index is 10.00. The molecule has 110 valence electrons. The highest BCUT2D eigenvalue weighted by Crippen LogP contribution is 2.19. The molecule has 0 atom stereocenters. The van der Waals surface area contributed by atoms with Crippen LogP contribution in [-0.2, 0) is 6.42 Å². The predicted octanol–water partition coefficient (Wildman–Crippen LogP) is 1.01. The summed E-state index contributed by atoms with van der Waals surface area (Å²) in [7, 11) is 0. The Morgan fingerprint density at radius 2 is 2.29 bits per heavy atom. The lowest BCUT2D eigenvalue weighted by Gasteiger charge is -2.03. The molecule has 0 aliphatic rings. The summed E-state index contributed by atoms with van der Waals surface area (Å²) in [4.78, 5) is 1.50. The lowest BCUT2D eigenvalue weighted by Crippen LogP contribution is -2.23. The van der Waals surface area contributed by atoms with Crippen LogP contribution in [0.2, 0.25) is 0 Å². The van der Waals surface area contributed by atoms with Gasteiger partial charge in [-0.25, -0.2) is 0 Å². The van der Waals surface area contributed by atoms with Crippen LogP contribution in [0, 0.1) is 6.92 Å². The topological polar surface area (TPSA) is 101 Å². The highest BCUT2D eigenvalue weighted by molar-refractivity contribution is 7.80. The number of hydrogen-bond donors (Lipinski definition) is 3. The van der Waals surface area contributed by atoms with Gasteiger partial charge in [0, 0.05) is 11.6 Å². The maximum Gasteiger partial charge on any atom is 0.184 e. The fourth-order valence-corrected chi connectivity index (χ4v) is 1.83. The maximum atomic E-state index is 10.00. The number of thiocarbonyl (C=S) groups is 1. The molecule has 1 aromatic heterocycles. The van der Waals surface area contributed by atoms with E-state index >= 15 is 0 Å². The molecule has 0 saturated carbocycles. The van der Waals surface area contributed by atoms with Crippen LogP contribution in [0.4, 0.5) is 0 Å². The summed E-state index contributed by atoms with van der Waals surface area (Å²) in [5.74, 6) is 0.0639. The number of hydrogen-bond acceptors (Lipinski definition) is 5. The summed E-state index contributed by atoms with van der Waals surface area (Å²) in [5, 5.41) is 22.5. The van der Waals surface area contributed by atoms with E-state index in [-0.39, 0.29) is 10.9 Å². The van der Waals surface area contributed by atoms with Crippen LogP contribution < -0.4 is 11.2 Å². The second-order valence-corrected chi connectivity index (χ2v) is 4.79. The van der Waals surface area contributed by atoms with Crippen LogP contribution in [-0.4, -0.2) is 31.4 Å². The number of phenols is 1. The van der Waals surface area contributed by atoms with E-state index in [1.807, 2.05) is 13.8 Å². The average molecular weight is 304 g/mol. The van der Waals surface area contributed by atoms with Crippen LogP contribution >= 0.6 is 12.2 Å². The highest BCUT2D eigenvalue weighted by Gasteiger charge is 2.08. The van der Waals surface area contributed by atoms with E-state index in [2.05, 4.69) is 32.9 Å². The van der Waals surface area contributed by atoms with Gasteiger partial charge < -0.3 is 10.8 Å². The van der Waals surface area contributed by atoms with Gasteiger partial charge in [0.1, 0.15) is 5.75 Å². The number of nitrogens with zero attached hydrogens (tertiary/aromatic N) is 4. The molecular formula is C13H16N6OS. The third-order valence-electron chi connectivity index (χ3n) is 2.84. The summed E-state index contributed by atoms with van der Waals surface area (Å²) in [6.45, 7) is 3.93. The number of aromatic nitrogens is 3. The molecule has 8 heteroatoms. The SMILES string of the molecule is CCc1nn(-c2ccc(C=NNC(N)=S)c(O)c2)nc1C. The van der Waals surface area contributed by atoms with Crippen molar-refractivity contribution in [3.05, 3.63) is 35.2 Å². The smallest absolute Gasteiger partial charge is 0.184 e. The van der Waals surface area contributed by atoms with Crippen molar-refractivity contribution < 1.29 is 5.11 Å². The van der Waals surface area contributed by atoms with Crippen molar-refractivity contribution in [2.24, 2.45) is 10.8 Å². The van der Waals surface area contributed by atoms with Crippen LogP contribution in [0.3, 0.4) is 0 Å². The fraction of sp³-hybridized carbons (Fsp3) is 0.231. The lowest BCUT2D eigenvalue weighted by atomic mass is 10.2. The zero-order valence-corrected chi connectivity index (χ0v) is 12.6. The summed E-state index contributed by atoms with van der Waals surface area (Å²) < 4.78 is 0. The molecule has 2 aromatic rings. The van der Waals surface area contributed by atoms with Gasteiger partial charge in [-0.2, -0.15) is 20.1 Å². The average Bonchev–Trinajstić information content (AvgIpc) is 2.81. The molecule has 0 unspecified atom stereocenters. The standard InChI is InChI=1S/C13H16N6OS/c1-3-11-8(2)17-19(18-11)10-5-4-9(12(20)6-10)7-15-16-13(14)21/h4-7,20H,3H2,1-2H3,(H3,14,16,21). The minimum Gasteiger partial charge on any atom is -0.507 e. The van der Waals surface area contributed by atoms with Gasteiger partial charge in [0.05, 0.1) is 23.3 Å². The van der Waals surface area contributed by atoms with Crippen LogP contribution in [0.25, 0.3) is 5.69 Å². The monoisotopic (exact) mass is 304 g/mol. The van der Waals surface area contributed by atoms with Crippen molar-refractivity contribution in [3.63, 3.8) is 0 Å². The minimum atomic E-state index is 0.0608. The molecule has 1 aromatic carbocycles. The van der Waals surface area contributed by atoms with Crippen molar-refractivity contribution in [1.82, 2.24) is 20.4 Å². The number of aryl methyl sites for hydroxylation is 2. The predicted molar refractivity (Wildman–Crippen MR) is 84.7 cm³/mol. The quantitative estimate of drug-likeness (QED) is 0.443. The van der Waals surface area contributed by atoms with E-state index in [0.717, 1.165) is 17.8 Å². The number of rotatable bonds is 4. The minimum absolute atomic E-state index is 0.0608. The van der Waals surface area contributed by atoms with E-state index < -0.39 is 0 Å². The molecule has 0 fully saturated rings. The van der Waals surface area contributed by atoms with E-state index in [9.17, 15) is 5.11 Å². The first kappa shape index (κ1) is 14.9. The number of benzene rings is 1. The number of nitrogens with one attached hydrogen (secondary N) is 1.